The van der Waals surface area contributed by atoms with Gasteiger partial charge in [0.2, 0.25) is 0 Å². The van der Waals surface area contributed by atoms with Gasteiger partial charge in [-0.05, 0) is 56.9 Å². The molecule has 0 N–H and O–H groups in total. The predicted octanol–water partition coefficient (Wildman–Crippen LogP) is 11.2. The molecule has 3 nitrogen and oxygen atoms in total. The second-order valence-corrected chi connectivity index (χ2v) is 12.3. The van der Waals surface area contributed by atoms with Gasteiger partial charge >= 0.3 is 0 Å². The number of benzene rings is 7. The van der Waals surface area contributed by atoms with Crippen LogP contribution in [0.2, 0.25) is 0 Å². The Bertz CT molecular complexity index is 2480. The van der Waals surface area contributed by atoms with Gasteiger partial charge in [0.15, 0.2) is 17.5 Å². The first-order valence-electron chi connectivity index (χ1n) is 15.0. The summed E-state index contributed by atoms with van der Waals surface area (Å²) >= 11 is 1.84. The molecule has 9 aromatic rings. The highest BCUT2D eigenvalue weighted by Gasteiger charge is 2.16. The number of aromatic nitrogens is 3. The summed E-state index contributed by atoms with van der Waals surface area (Å²) in [6.07, 6.45) is 0. The molecule has 7 aromatic carbocycles. The zero-order valence-electron chi connectivity index (χ0n) is 24.2. The van der Waals surface area contributed by atoms with Gasteiger partial charge in [-0.25, -0.2) is 15.0 Å². The van der Waals surface area contributed by atoms with E-state index in [0.29, 0.717) is 17.5 Å². The lowest BCUT2D eigenvalue weighted by Crippen LogP contribution is -2.00. The summed E-state index contributed by atoms with van der Waals surface area (Å²) < 4.78 is 2.53. The first kappa shape index (κ1) is 25.8. The van der Waals surface area contributed by atoms with Gasteiger partial charge in [0.05, 0.1) is 0 Å². The summed E-state index contributed by atoms with van der Waals surface area (Å²) in [6, 6.07) is 53.4. The SMILES string of the molecule is c1ccc(-c2nc(-c3ccccc3)nc(-c3ccc4sc5c(-c6ccc7c(ccc8ccccc87)c6)cccc5c4c3)n2)cc1. The smallest absolute Gasteiger partial charge is 0.164 e. The fourth-order valence-corrected chi connectivity index (χ4v) is 7.50. The first-order chi connectivity index (χ1) is 22.3. The van der Waals surface area contributed by atoms with E-state index in [2.05, 4.69) is 91.0 Å². The lowest BCUT2D eigenvalue weighted by Gasteiger charge is -2.09. The van der Waals surface area contributed by atoms with Gasteiger partial charge in [0, 0.05) is 36.9 Å². The van der Waals surface area contributed by atoms with Crippen LogP contribution < -0.4 is 0 Å². The minimum atomic E-state index is 0.668. The van der Waals surface area contributed by atoms with Crippen molar-refractivity contribution in [3.63, 3.8) is 0 Å². The van der Waals surface area contributed by atoms with Gasteiger partial charge in [-0.15, -0.1) is 11.3 Å². The van der Waals surface area contributed by atoms with Gasteiger partial charge in [0.1, 0.15) is 0 Å². The molecule has 210 valence electrons. The van der Waals surface area contributed by atoms with E-state index in [1.165, 1.54) is 52.8 Å². The van der Waals surface area contributed by atoms with Gasteiger partial charge < -0.3 is 0 Å². The normalized spacial score (nSPS) is 11.6. The van der Waals surface area contributed by atoms with Crippen LogP contribution in [-0.4, -0.2) is 15.0 Å². The molecule has 2 heterocycles. The minimum Gasteiger partial charge on any atom is -0.208 e. The van der Waals surface area contributed by atoms with E-state index in [4.69, 9.17) is 15.0 Å². The number of thiophene rings is 1. The van der Waals surface area contributed by atoms with Crippen molar-refractivity contribution in [2.45, 2.75) is 0 Å². The number of fused-ring (bicyclic) bond motifs is 6. The minimum absolute atomic E-state index is 0.668. The molecule has 0 aliphatic rings. The third-order valence-corrected chi connectivity index (χ3v) is 9.73. The summed E-state index contributed by atoms with van der Waals surface area (Å²) in [6.45, 7) is 0. The largest absolute Gasteiger partial charge is 0.208 e. The Morgan fingerprint density at radius 2 is 0.956 bits per heavy atom. The van der Waals surface area contributed by atoms with E-state index in [1.54, 1.807) is 0 Å². The zero-order valence-corrected chi connectivity index (χ0v) is 25.0. The van der Waals surface area contributed by atoms with Gasteiger partial charge in [0.25, 0.3) is 0 Å². The van der Waals surface area contributed by atoms with Crippen LogP contribution >= 0.6 is 11.3 Å². The molecular weight excluding hydrogens is 567 g/mol. The number of hydrogen-bond acceptors (Lipinski definition) is 4. The highest BCUT2D eigenvalue weighted by molar-refractivity contribution is 7.26. The van der Waals surface area contributed by atoms with Crippen LogP contribution in [0.4, 0.5) is 0 Å². The molecule has 0 spiro atoms. The Balaban J connectivity index is 1.19. The predicted molar refractivity (Wildman–Crippen MR) is 189 cm³/mol. The summed E-state index contributed by atoms with van der Waals surface area (Å²) in [4.78, 5) is 14.8. The van der Waals surface area contributed by atoms with Crippen LogP contribution in [-0.2, 0) is 0 Å². The highest BCUT2D eigenvalue weighted by Crippen LogP contribution is 2.42. The molecule has 4 heteroatoms. The van der Waals surface area contributed by atoms with Crippen molar-refractivity contribution in [2.24, 2.45) is 0 Å². The standard InChI is InChI=1S/C41H25N3S/c1-3-11-27(12-4-1)39-42-40(28-13-5-2-6-14-28)44-41(43-39)31-21-23-37-36(25-31)35-17-9-16-34(38(35)45-37)30-20-22-33-29(24-30)19-18-26-10-7-8-15-32(26)33/h1-25H. The summed E-state index contributed by atoms with van der Waals surface area (Å²) in [5.74, 6) is 2.00. The Morgan fingerprint density at radius 3 is 1.71 bits per heavy atom. The Hall–Kier alpha value is -5.71. The molecule has 0 bridgehead atoms. The summed E-state index contributed by atoms with van der Waals surface area (Å²) in [7, 11) is 0. The molecule has 0 saturated heterocycles. The molecule has 2 aromatic heterocycles. The first-order valence-corrected chi connectivity index (χ1v) is 15.8. The lowest BCUT2D eigenvalue weighted by atomic mass is 9.96. The van der Waals surface area contributed by atoms with Crippen molar-refractivity contribution >= 4 is 53.1 Å². The van der Waals surface area contributed by atoms with Crippen LogP contribution in [0.15, 0.2) is 152 Å². The second-order valence-electron chi connectivity index (χ2n) is 11.3. The Kier molecular flexibility index (Phi) is 6.00. The van der Waals surface area contributed by atoms with Crippen molar-refractivity contribution in [2.75, 3.05) is 0 Å². The van der Waals surface area contributed by atoms with Crippen LogP contribution in [0.1, 0.15) is 0 Å². The monoisotopic (exact) mass is 591 g/mol. The highest BCUT2D eigenvalue weighted by atomic mass is 32.1. The zero-order chi connectivity index (χ0) is 29.7. The second kappa shape index (κ2) is 10.5. The van der Waals surface area contributed by atoms with E-state index in [0.717, 1.165) is 16.7 Å². The molecular formula is C41H25N3S. The van der Waals surface area contributed by atoms with E-state index < -0.39 is 0 Å². The van der Waals surface area contributed by atoms with E-state index in [-0.39, 0.29) is 0 Å². The van der Waals surface area contributed by atoms with Crippen LogP contribution in [0.25, 0.3) is 87.0 Å². The fourth-order valence-electron chi connectivity index (χ4n) is 6.28. The molecule has 0 radical (unpaired) electrons. The number of rotatable bonds is 4. The van der Waals surface area contributed by atoms with Crippen molar-refractivity contribution < 1.29 is 0 Å². The molecule has 0 aliphatic carbocycles. The lowest BCUT2D eigenvalue weighted by molar-refractivity contribution is 1.07. The molecule has 0 saturated carbocycles. The van der Waals surface area contributed by atoms with E-state index in [1.807, 2.05) is 72.0 Å². The Labute approximate surface area is 264 Å². The van der Waals surface area contributed by atoms with Gasteiger partial charge in [-0.1, -0.05) is 127 Å². The molecule has 9 rings (SSSR count). The van der Waals surface area contributed by atoms with Crippen molar-refractivity contribution in [3.8, 4) is 45.3 Å². The van der Waals surface area contributed by atoms with Crippen LogP contribution in [0.3, 0.4) is 0 Å². The van der Waals surface area contributed by atoms with Crippen molar-refractivity contribution in [3.05, 3.63) is 152 Å². The molecule has 0 amide bonds. The number of nitrogens with zero attached hydrogens (tertiary/aromatic N) is 3. The average molecular weight is 592 g/mol. The average Bonchev–Trinajstić information content (AvgIpc) is 3.50. The van der Waals surface area contributed by atoms with Gasteiger partial charge in [-0.3, -0.25) is 0 Å². The van der Waals surface area contributed by atoms with Crippen molar-refractivity contribution in [1.29, 1.82) is 0 Å². The topological polar surface area (TPSA) is 38.7 Å². The maximum atomic E-state index is 4.97. The Morgan fingerprint density at radius 1 is 0.356 bits per heavy atom. The third kappa shape index (κ3) is 4.46. The fraction of sp³-hybridized carbons (Fsp3) is 0. The third-order valence-electron chi connectivity index (χ3n) is 8.51. The van der Waals surface area contributed by atoms with E-state index >= 15 is 0 Å². The number of hydrogen-bond donors (Lipinski definition) is 0. The summed E-state index contributed by atoms with van der Waals surface area (Å²) in [5, 5.41) is 7.55. The molecule has 0 aliphatic heterocycles. The molecule has 45 heavy (non-hydrogen) atoms. The van der Waals surface area contributed by atoms with Gasteiger partial charge in [-0.2, -0.15) is 0 Å². The van der Waals surface area contributed by atoms with E-state index in [9.17, 15) is 0 Å². The maximum Gasteiger partial charge on any atom is 0.164 e. The van der Waals surface area contributed by atoms with Crippen LogP contribution in [0, 0.1) is 0 Å². The molecule has 0 fully saturated rings. The maximum absolute atomic E-state index is 4.97. The molecule has 0 atom stereocenters. The van der Waals surface area contributed by atoms with Crippen LogP contribution in [0.5, 0.6) is 0 Å². The van der Waals surface area contributed by atoms with Crippen molar-refractivity contribution in [1.82, 2.24) is 15.0 Å². The molecule has 0 unspecified atom stereocenters. The quantitative estimate of drug-likeness (QED) is 0.191. The summed E-state index contributed by atoms with van der Waals surface area (Å²) in [5.41, 5.74) is 5.39.